The lowest BCUT2D eigenvalue weighted by Crippen LogP contribution is -2.48. The van der Waals surface area contributed by atoms with Crippen LogP contribution in [0, 0.1) is 6.92 Å². The summed E-state index contributed by atoms with van der Waals surface area (Å²) in [4.78, 5) is 4.96. The fraction of sp³-hybridized carbons (Fsp3) is 0.500. The van der Waals surface area contributed by atoms with Crippen molar-refractivity contribution in [1.82, 2.24) is 25.1 Å². The second-order valence-electron chi connectivity index (χ2n) is 7.89. The van der Waals surface area contributed by atoms with Crippen molar-refractivity contribution in [1.29, 1.82) is 0 Å². The topological polar surface area (TPSA) is 63.2 Å². The van der Waals surface area contributed by atoms with E-state index >= 15 is 0 Å². The smallest absolute Gasteiger partial charge is 0.168 e. The van der Waals surface area contributed by atoms with Gasteiger partial charge in [0, 0.05) is 36.9 Å². The van der Waals surface area contributed by atoms with Gasteiger partial charge in [-0.1, -0.05) is 37.4 Å². The average molecular weight is 429 g/mol. The maximum absolute atomic E-state index is 6.25. The molecule has 0 aliphatic carbocycles. The summed E-state index contributed by atoms with van der Waals surface area (Å²) in [6.07, 6.45) is 5.03. The van der Waals surface area contributed by atoms with Gasteiger partial charge in [-0.3, -0.25) is 4.90 Å². The molecule has 0 radical (unpaired) electrons. The van der Waals surface area contributed by atoms with Crippen molar-refractivity contribution in [2.45, 2.75) is 45.7 Å². The first-order chi connectivity index (χ1) is 14.7. The van der Waals surface area contributed by atoms with Gasteiger partial charge >= 0.3 is 0 Å². The molecular formula is C22H29ClN6O. The molecule has 0 amide bonds. The highest BCUT2D eigenvalue weighted by molar-refractivity contribution is 6.30. The Bertz CT molecular complexity index is 933. The molecule has 4 rings (SSSR count). The van der Waals surface area contributed by atoms with E-state index in [1.54, 1.807) is 6.26 Å². The van der Waals surface area contributed by atoms with Crippen LogP contribution in [0.4, 0.5) is 5.69 Å². The summed E-state index contributed by atoms with van der Waals surface area (Å²) in [5.41, 5.74) is 2.49. The molecule has 0 bridgehead atoms. The number of aryl methyl sites for hydroxylation is 1. The van der Waals surface area contributed by atoms with Crippen LogP contribution in [0.2, 0.25) is 5.02 Å². The average Bonchev–Trinajstić information content (AvgIpc) is 3.44. The van der Waals surface area contributed by atoms with Gasteiger partial charge in [0.05, 0.1) is 12.3 Å². The van der Waals surface area contributed by atoms with Crippen LogP contribution < -0.4 is 4.90 Å². The van der Waals surface area contributed by atoms with Crippen LogP contribution in [0.3, 0.4) is 0 Å². The fourth-order valence-corrected chi connectivity index (χ4v) is 4.35. The number of hydrogen-bond acceptors (Lipinski definition) is 6. The molecule has 30 heavy (non-hydrogen) atoms. The van der Waals surface area contributed by atoms with E-state index in [1.165, 1.54) is 11.3 Å². The van der Waals surface area contributed by atoms with E-state index in [-0.39, 0.29) is 6.04 Å². The van der Waals surface area contributed by atoms with E-state index in [0.29, 0.717) is 6.54 Å². The lowest BCUT2D eigenvalue weighted by atomic mass is 10.1. The third-order valence-corrected chi connectivity index (χ3v) is 6.08. The van der Waals surface area contributed by atoms with E-state index in [4.69, 9.17) is 16.0 Å². The van der Waals surface area contributed by atoms with Crippen molar-refractivity contribution in [3.05, 3.63) is 58.8 Å². The zero-order valence-corrected chi connectivity index (χ0v) is 18.4. The summed E-state index contributed by atoms with van der Waals surface area (Å²) in [6, 6.07) is 10.2. The van der Waals surface area contributed by atoms with Crippen LogP contribution in [0.5, 0.6) is 0 Å². The molecule has 0 saturated carbocycles. The number of aromatic nitrogens is 4. The lowest BCUT2D eigenvalue weighted by Gasteiger charge is -2.40. The lowest BCUT2D eigenvalue weighted by molar-refractivity contribution is 0.162. The third kappa shape index (κ3) is 4.68. The first-order valence-electron chi connectivity index (χ1n) is 10.7. The molecule has 3 heterocycles. The van der Waals surface area contributed by atoms with Crippen molar-refractivity contribution in [2.75, 3.05) is 31.1 Å². The molecule has 8 heteroatoms. The second-order valence-corrected chi connectivity index (χ2v) is 8.32. The van der Waals surface area contributed by atoms with Crippen LogP contribution >= 0.6 is 11.6 Å². The Labute approximate surface area is 182 Å². The Morgan fingerprint density at radius 3 is 2.73 bits per heavy atom. The molecule has 0 N–H and O–H groups in total. The number of hydrogen-bond donors (Lipinski definition) is 0. The number of furan rings is 1. The van der Waals surface area contributed by atoms with Crippen LogP contribution in [-0.4, -0.2) is 51.3 Å². The molecule has 1 atom stereocenters. The summed E-state index contributed by atoms with van der Waals surface area (Å²) in [7, 11) is 0. The highest BCUT2D eigenvalue weighted by atomic mass is 35.5. The summed E-state index contributed by atoms with van der Waals surface area (Å²) < 4.78 is 7.39. The zero-order chi connectivity index (χ0) is 20.9. The molecule has 1 aliphatic rings. The molecule has 1 aliphatic heterocycles. The van der Waals surface area contributed by atoms with Gasteiger partial charge in [0.2, 0.25) is 0 Å². The molecule has 3 aromatic rings. The minimum Gasteiger partial charge on any atom is -0.467 e. The quantitative estimate of drug-likeness (QED) is 0.532. The second kappa shape index (κ2) is 9.62. The highest BCUT2D eigenvalue weighted by Gasteiger charge is 2.29. The van der Waals surface area contributed by atoms with Gasteiger partial charge in [0.25, 0.3) is 0 Å². The van der Waals surface area contributed by atoms with E-state index in [2.05, 4.69) is 51.3 Å². The van der Waals surface area contributed by atoms with Crippen LogP contribution in [0.25, 0.3) is 0 Å². The molecule has 0 unspecified atom stereocenters. The molecule has 1 aromatic carbocycles. The monoisotopic (exact) mass is 428 g/mol. The largest absolute Gasteiger partial charge is 0.467 e. The Hall–Kier alpha value is -2.38. The molecular weight excluding hydrogens is 400 g/mol. The summed E-state index contributed by atoms with van der Waals surface area (Å²) in [5.74, 6) is 1.78. The molecule has 0 spiro atoms. The van der Waals surface area contributed by atoms with Crippen molar-refractivity contribution < 1.29 is 4.42 Å². The summed E-state index contributed by atoms with van der Waals surface area (Å²) in [6.45, 7) is 8.78. The fourth-order valence-electron chi connectivity index (χ4n) is 4.18. The Balaban J connectivity index is 1.49. The predicted molar refractivity (Wildman–Crippen MR) is 118 cm³/mol. The van der Waals surface area contributed by atoms with E-state index in [0.717, 1.165) is 62.0 Å². The van der Waals surface area contributed by atoms with E-state index in [9.17, 15) is 0 Å². The van der Waals surface area contributed by atoms with Gasteiger partial charge in [-0.2, -0.15) is 0 Å². The van der Waals surface area contributed by atoms with Crippen molar-refractivity contribution in [3.63, 3.8) is 0 Å². The highest BCUT2D eigenvalue weighted by Crippen LogP contribution is 2.29. The number of halogens is 1. The maximum Gasteiger partial charge on any atom is 0.168 e. The first kappa shape index (κ1) is 20.9. The van der Waals surface area contributed by atoms with Gasteiger partial charge < -0.3 is 9.32 Å². The molecule has 160 valence electrons. The van der Waals surface area contributed by atoms with Crippen molar-refractivity contribution in [2.24, 2.45) is 0 Å². The Morgan fingerprint density at radius 2 is 2.00 bits per heavy atom. The zero-order valence-electron chi connectivity index (χ0n) is 17.7. The molecule has 2 aromatic heterocycles. The SMILES string of the molecule is CCCC[C@H](c1nnnn1Cc1ccco1)N1CCN(c2cc(Cl)ccc2C)CC1. The summed E-state index contributed by atoms with van der Waals surface area (Å²) >= 11 is 6.25. The molecule has 7 nitrogen and oxygen atoms in total. The first-order valence-corrected chi connectivity index (χ1v) is 11.1. The standard InChI is InChI=1S/C22H29ClN6O/c1-3-4-7-20(22-24-25-26-29(22)16-19-6-5-14-30-19)27-10-12-28(13-11-27)21-15-18(23)9-8-17(21)2/h5-6,8-9,14-15,20H,3-4,7,10-13,16H2,1-2H3/t20-/m1/s1. The van der Waals surface area contributed by atoms with Crippen molar-refractivity contribution in [3.8, 4) is 0 Å². The normalized spacial score (nSPS) is 16.2. The van der Waals surface area contributed by atoms with E-state index < -0.39 is 0 Å². The number of anilines is 1. The number of piperazine rings is 1. The van der Waals surface area contributed by atoms with Crippen molar-refractivity contribution >= 4 is 17.3 Å². The summed E-state index contributed by atoms with van der Waals surface area (Å²) in [5, 5.41) is 13.4. The van der Waals surface area contributed by atoms with Crippen LogP contribution in [0.1, 0.15) is 49.4 Å². The van der Waals surface area contributed by atoms with Gasteiger partial charge in [0.15, 0.2) is 5.82 Å². The third-order valence-electron chi connectivity index (χ3n) is 5.84. The predicted octanol–water partition coefficient (Wildman–Crippen LogP) is 4.33. The minimum absolute atomic E-state index is 0.206. The minimum atomic E-state index is 0.206. The van der Waals surface area contributed by atoms with Gasteiger partial charge in [0.1, 0.15) is 12.3 Å². The van der Waals surface area contributed by atoms with Crippen LogP contribution in [-0.2, 0) is 6.54 Å². The number of benzene rings is 1. The number of nitrogens with zero attached hydrogens (tertiary/aromatic N) is 6. The molecule has 1 fully saturated rings. The van der Waals surface area contributed by atoms with E-state index in [1.807, 2.05) is 22.9 Å². The number of unbranched alkanes of at least 4 members (excludes halogenated alkanes) is 1. The number of rotatable bonds is 8. The van der Waals surface area contributed by atoms with Gasteiger partial charge in [-0.15, -0.1) is 5.10 Å². The van der Waals surface area contributed by atoms with Gasteiger partial charge in [-0.25, -0.2) is 4.68 Å². The Kier molecular flexibility index (Phi) is 6.69. The molecule has 1 saturated heterocycles. The number of tetrazole rings is 1. The Morgan fingerprint density at radius 1 is 1.17 bits per heavy atom. The van der Waals surface area contributed by atoms with Crippen LogP contribution in [0.15, 0.2) is 41.0 Å². The maximum atomic E-state index is 6.25. The van der Waals surface area contributed by atoms with Gasteiger partial charge in [-0.05, 0) is 53.6 Å².